The monoisotopic (exact) mass is 164 g/mol. The number of hydrogen-bond donors (Lipinski definition) is 0. The van der Waals surface area contributed by atoms with Crippen LogP contribution in [0.5, 0.6) is 5.75 Å². The summed E-state index contributed by atoms with van der Waals surface area (Å²) in [5, 5.41) is 0. The second-order valence-electron chi connectivity index (χ2n) is 2.48. The number of allylic oxidation sites excluding steroid dienone is 1. The summed E-state index contributed by atoms with van der Waals surface area (Å²) in [5.41, 5.74) is 2.17. The van der Waals surface area contributed by atoms with Gasteiger partial charge in [0.05, 0.1) is 0 Å². The van der Waals surface area contributed by atoms with Crippen molar-refractivity contribution in [2.75, 3.05) is 0 Å². The quantitative estimate of drug-likeness (QED) is 0.600. The molecule has 0 N–H and O–H groups in total. The molecule has 0 aliphatic carbocycles. The molecule has 0 aliphatic heterocycles. The number of hydrogen-bond acceptors (Lipinski definition) is 1. The smallest absolute Gasteiger partial charge is 0.204 e. The average Bonchev–Trinajstić information content (AvgIpc) is 2.04. The molecule has 58 valence electrons. The molecule has 0 amide bonds. The molecule has 0 heterocycles. The van der Waals surface area contributed by atoms with Gasteiger partial charge in [-0.15, -0.1) is 0 Å². The number of benzene rings is 1. The van der Waals surface area contributed by atoms with Crippen LogP contribution in [-0.2, 0) is 0 Å². The molecule has 1 aromatic carbocycles. The van der Waals surface area contributed by atoms with E-state index in [-0.39, 0.29) is 0 Å². The van der Waals surface area contributed by atoms with Crippen molar-refractivity contribution < 1.29 is 4.43 Å². The zero-order valence-electron chi connectivity index (χ0n) is 6.92. The van der Waals surface area contributed by atoms with Gasteiger partial charge in [0, 0.05) is 5.56 Å². The van der Waals surface area contributed by atoms with Gasteiger partial charge in [0.2, 0.25) is 10.5 Å². The standard InChI is InChI=1S/C9H12OSi/c1-7(2)8-5-3-4-6-9(8)10-11/h3-6H,1H2,2,11H3. The second-order valence-corrected chi connectivity index (χ2v) is 2.89. The molecule has 1 aromatic rings. The molecule has 0 spiro atoms. The van der Waals surface area contributed by atoms with Gasteiger partial charge in [-0.05, 0) is 18.6 Å². The van der Waals surface area contributed by atoms with Crippen LogP contribution in [0.1, 0.15) is 12.5 Å². The van der Waals surface area contributed by atoms with Crippen LogP contribution in [-0.4, -0.2) is 10.5 Å². The minimum absolute atomic E-state index is 0.730. The van der Waals surface area contributed by atoms with Crippen LogP contribution < -0.4 is 4.43 Å². The summed E-state index contributed by atoms with van der Waals surface area (Å²) < 4.78 is 5.28. The van der Waals surface area contributed by atoms with E-state index < -0.39 is 0 Å². The van der Waals surface area contributed by atoms with E-state index in [9.17, 15) is 0 Å². The highest BCUT2D eigenvalue weighted by molar-refractivity contribution is 6.00. The van der Waals surface area contributed by atoms with Crippen molar-refractivity contribution in [3.63, 3.8) is 0 Å². The Balaban J connectivity index is 3.12. The summed E-state index contributed by atoms with van der Waals surface area (Å²) in [6, 6.07) is 7.96. The summed E-state index contributed by atoms with van der Waals surface area (Å²) in [5.74, 6) is 0.951. The van der Waals surface area contributed by atoms with Crippen molar-refractivity contribution in [3.8, 4) is 5.75 Å². The molecule has 2 heteroatoms. The molecule has 0 aromatic heterocycles. The van der Waals surface area contributed by atoms with Crippen molar-refractivity contribution in [1.82, 2.24) is 0 Å². The van der Waals surface area contributed by atoms with E-state index in [0.717, 1.165) is 27.4 Å². The lowest BCUT2D eigenvalue weighted by molar-refractivity contribution is 0.614. The number of rotatable bonds is 2. The molecule has 0 saturated heterocycles. The molecule has 1 nitrogen and oxygen atoms in total. The molecule has 11 heavy (non-hydrogen) atoms. The first kappa shape index (κ1) is 8.08. The van der Waals surface area contributed by atoms with Crippen molar-refractivity contribution in [1.29, 1.82) is 0 Å². The summed E-state index contributed by atoms with van der Waals surface area (Å²) in [6.07, 6.45) is 0. The maximum Gasteiger partial charge on any atom is 0.204 e. The van der Waals surface area contributed by atoms with Crippen LogP contribution >= 0.6 is 0 Å². The minimum atomic E-state index is 0.730. The molecule has 0 fully saturated rings. The van der Waals surface area contributed by atoms with Crippen LogP contribution in [0.25, 0.3) is 5.57 Å². The Morgan fingerprint density at radius 1 is 1.45 bits per heavy atom. The normalized spacial score (nSPS) is 9.55. The first-order valence-corrected chi connectivity index (χ1v) is 4.36. The Hall–Kier alpha value is -1.02. The van der Waals surface area contributed by atoms with Gasteiger partial charge in [-0.3, -0.25) is 0 Å². The Bertz CT molecular complexity index is 268. The van der Waals surface area contributed by atoms with Gasteiger partial charge >= 0.3 is 0 Å². The third-order valence-electron chi connectivity index (χ3n) is 1.57. The highest BCUT2D eigenvalue weighted by Crippen LogP contribution is 2.23. The zero-order valence-corrected chi connectivity index (χ0v) is 8.92. The lowest BCUT2D eigenvalue weighted by atomic mass is 10.1. The summed E-state index contributed by atoms with van der Waals surface area (Å²) >= 11 is 0. The second kappa shape index (κ2) is 3.39. The number of para-hydroxylation sites is 1. The topological polar surface area (TPSA) is 9.23 Å². The highest BCUT2D eigenvalue weighted by atomic mass is 28.2. The maximum absolute atomic E-state index is 5.28. The van der Waals surface area contributed by atoms with Crippen LogP contribution in [0, 0.1) is 0 Å². The molecule has 0 unspecified atom stereocenters. The van der Waals surface area contributed by atoms with E-state index in [1.165, 1.54) is 0 Å². The lowest BCUT2D eigenvalue weighted by Gasteiger charge is -2.06. The molecular formula is C9H12OSi. The largest absolute Gasteiger partial charge is 0.553 e. The van der Waals surface area contributed by atoms with Crippen LogP contribution in [0.4, 0.5) is 0 Å². The highest BCUT2D eigenvalue weighted by Gasteiger charge is 1.99. The van der Waals surface area contributed by atoms with Gasteiger partial charge in [0.1, 0.15) is 5.75 Å². The van der Waals surface area contributed by atoms with Gasteiger partial charge in [-0.2, -0.15) is 0 Å². The maximum atomic E-state index is 5.28. The summed E-state index contributed by atoms with van der Waals surface area (Å²) in [4.78, 5) is 0. The minimum Gasteiger partial charge on any atom is -0.553 e. The molecule has 1 rings (SSSR count). The Labute approximate surface area is 70.2 Å². The average molecular weight is 164 g/mol. The SMILES string of the molecule is C=C(C)c1ccccc1O[SiH3]. The van der Waals surface area contributed by atoms with Crippen molar-refractivity contribution in [2.45, 2.75) is 6.92 Å². The van der Waals surface area contributed by atoms with E-state index in [4.69, 9.17) is 4.43 Å². The van der Waals surface area contributed by atoms with E-state index in [1.807, 2.05) is 31.2 Å². The zero-order chi connectivity index (χ0) is 8.27. The summed E-state index contributed by atoms with van der Waals surface area (Å²) in [6.45, 7) is 5.85. The molecule has 0 saturated carbocycles. The van der Waals surface area contributed by atoms with E-state index in [2.05, 4.69) is 6.58 Å². The van der Waals surface area contributed by atoms with Gasteiger partial charge in [0.25, 0.3) is 0 Å². The van der Waals surface area contributed by atoms with Gasteiger partial charge in [-0.25, -0.2) is 0 Å². The van der Waals surface area contributed by atoms with Crippen molar-refractivity contribution in [3.05, 3.63) is 36.4 Å². The van der Waals surface area contributed by atoms with Crippen LogP contribution in [0.15, 0.2) is 30.8 Å². The fraction of sp³-hybridized carbons (Fsp3) is 0.111. The van der Waals surface area contributed by atoms with Gasteiger partial charge in [0.15, 0.2) is 0 Å². The predicted molar refractivity (Wildman–Crippen MR) is 51.7 cm³/mol. The molecule has 0 radical (unpaired) electrons. The fourth-order valence-electron chi connectivity index (χ4n) is 0.997. The van der Waals surface area contributed by atoms with Crippen LogP contribution in [0.2, 0.25) is 0 Å². The molecular weight excluding hydrogens is 152 g/mol. The summed E-state index contributed by atoms with van der Waals surface area (Å²) in [7, 11) is 0.730. The van der Waals surface area contributed by atoms with E-state index >= 15 is 0 Å². The fourth-order valence-corrected chi connectivity index (χ4v) is 1.35. The third-order valence-corrected chi connectivity index (χ3v) is 2.01. The lowest BCUT2D eigenvalue weighted by Crippen LogP contribution is -1.89. The first-order chi connectivity index (χ1) is 5.25. The molecule has 0 aliphatic rings. The van der Waals surface area contributed by atoms with E-state index in [1.54, 1.807) is 0 Å². The van der Waals surface area contributed by atoms with Crippen molar-refractivity contribution >= 4 is 16.1 Å². The van der Waals surface area contributed by atoms with Crippen LogP contribution in [0.3, 0.4) is 0 Å². The first-order valence-electron chi connectivity index (χ1n) is 3.54. The van der Waals surface area contributed by atoms with Crippen molar-refractivity contribution in [2.24, 2.45) is 0 Å². The third kappa shape index (κ3) is 1.71. The molecule has 0 atom stereocenters. The predicted octanol–water partition coefficient (Wildman–Crippen LogP) is 1.38. The van der Waals surface area contributed by atoms with Gasteiger partial charge < -0.3 is 4.43 Å². The Morgan fingerprint density at radius 3 is 2.55 bits per heavy atom. The Morgan fingerprint density at radius 2 is 2.09 bits per heavy atom. The Kier molecular flexibility index (Phi) is 2.49. The van der Waals surface area contributed by atoms with Gasteiger partial charge in [-0.1, -0.05) is 24.8 Å². The van der Waals surface area contributed by atoms with E-state index in [0.29, 0.717) is 0 Å². The molecule has 0 bridgehead atoms.